The number of rotatable bonds is 6. The van der Waals surface area contributed by atoms with Gasteiger partial charge in [-0.25, -0.2) is 0 Å². The molecule has 0 unspecified atom stereocenters. The molecule has 0 bridgehead atoms. The monoisotopic (exact) mass is 253 g/mol. The Morgan fingerprint density at radius 3 is 3.33 bits per heavy atom. The molecular weight excluding hydrogens is 234 g/mol. The average Bonchev–Trinajstić information content (AvgIpc) is 2.77. The van der Waals surface area contributed by atoms with Gasteiger partial charge >= 0.3 is 5.97 Å². The molecule has 0 atom stereocenters. The third-order valence-corrected chi connectivity index (χ3v) is 2.73. The van der Waals surface area contributed by atoms with Crippen LogP contribution in [0.1, 0.15) is 24.7 Å². The number of carbonyl (C=O) groups excluding carboxylic acids is 1. The second-order valence-corrected chi connectivity index (χ2v) is 4.13. The number of carbonyl (C=O) groups is 1. The molecule has 0 spiro atoms. The van der Waals surface area contributed by atoms with Gasteiger partial charge in [-0.05, 0) is 13.0 Å². The molecule has 0 aromatic carbocycles. The van der Waals surface area contributed by atoms with Gasteiger partial charge in [0.05, 0.1) is 44.2 Å². The normalized spacial score (nSPS) is 14.3. The highest BCUT2D eigenvalue weighted by molar-refractivity contribution is 5.69. The van der Waals surface area contributed by atoms with Crippen LogP contribution in [0, 0.1) is 0 Å². The summed E-state index contributed by atoms with van der Waals surface area (Å²) in [6.45, 7) is 5.70. The van der Waals surface area contributed by atoms with Crippen LogP contribution in [0.4, 0.5) is 0 Å². The van der Waals surface area contributed by atoms with Gasteiger partial charge in [0.25, 0.3) is 0 Å². The third kappa shape index (κ3) is 3.54. The first-order valence-corrected chi connectivity index (χ1v) is 6.29. The van der Waals surface area contributed by atoms with Crippen LogP contribution in [0.2, 0.25) is 0 Å². The molecule has 0 saturated heterocycles. The minimum absolute atomic E-state index is 0.164. The van der Waals surface area contributed by atoms with E-state index in [-0.39, 0.29) is 5.97 Å². The van der Waals surface area contributed by atoms with Crippen LogP contribution in [-0.2, 0) is 34.0 Å². The molecule has 0 radical (unpaired) electrons. The Morgan fingerprint density at radius 2 is 2.56 bits per heavy atom. The number of nitrogens with zero attached hydrogens (tertiary/aromatic N) is 2. The lowest BCUT2D eigenvalue weighted by molar-refractivity contribution is -0.142. The number of ether oxygens (including phenoxy) is 2. The Labute approximate surface area is 106 Å². The van der Waals surface area contributed by atoms with Gasteiger partial charge in [-0.2, -0.15) is 5.10 Å². The quantitative estimate of drug-likeness (QED) is 0.589. The number of hydrogen-bond donors (Lipinski definition) is 1. The predicted molar refractivity (Wildman–Crippen MR) is 64.8 cm³/mol. The van der Waals surface area contributed by atoms with Gasteiger partial charge in [-0.1, -0.05) is 0 Å². The van der Waals surface area contributed by atoms with E-state index in [1.165, 1.54) is 0 Å². The number of esters is 1. The lowest BCUT2D eigenvalue weighted by Crippen LogP contribution is -2.20. The molecule has 18 heavy (non-hydrogen) atoms. The van der Waals surface area contributed by atoms with Crippen molar-refractivity contribution in [2.45, 2.75) is 33.0 Å². The van der Waals surface area contributed by atoms with Crippen LogP contribution in [0.15, 0.2) is 6.07 Å². The van der Waals surface area contributed by atoms with Crippen LogP contribution < -0.4 is 5.32 Å². The van der Waals surface area contributed by atoms with Crippen LogP contribution in [0.5, 0.6) is 0 Å². The second kappa shape index (κ2) is 6.51. The van der Waals surface area contributed by atoms with Crippen molar-refractivity contribution in [2.24, 2.45) is 0 Å². The molecule has 6 heteroatoms. The van der Waals surface area contributed by atoms with E-state index in [0.717, 1.165) is 24.5 Å². The topological polar surface area (TPSA) is 65.4 Å². The Morgan fingerprint density at radius 1 is 1.67 bits per heavy atom. The van der Waals surface area contributed by atoms with E-state index >= 15 is 0 Å². The van der Waals surface area contributed by atoms with Crippen LogP contribution in [0.25, 0.3) is 0 Å². The summed E-state index contributed by atoms with van der Waals surface area (Å²) in [5, 5.41) is 7.64. The molecule has 1 N–H and O–H groups in total. The maximum absolute atomic E-state index is 11.1. The molecule has 1 aromatic rings. The number of fused-ring (bicyclic) bond motifs is 1. The Balaban J connectivity index is 1.70. The summed E-state index contributed by atoms with van der Waals surface area (Å²) in [5.41, 5.74) is 2.10. The highest BCUT2D eigenvalue weighted by atomic mass is 16.5. The molecule has 1 aliphatic rings. The molecule has 1 aromatic heterocycles. The molecule has 0 amide bonds. The van der Waals surface area contributed by atoms with Crippen molar-refractivity contribution in [1.82, 2.24) is 15.1 Å². The average molecular weight is 253 g/mol. The number of hydrogen-bond acceptors (Lipinski definition) is 5. The van der Waals surface area contributed by atoms with Crippen molar-refractivity contribution in [2.75, 3.05) is 19.8 Å². The largest absolute Gasteiger partial charge is 0.466 e. The van der Waals surface area contributed by atoms with Gasteiger partial charge in [0, 0.05) is 13.1 Å². The fourth-order valence-corrected chi connectivity index (χ4v) is 1.88. The fraction of sp³-hybridized carbons (Fsp3) is 0.667. The summed E-state index contributed by atoms with van der Waals surface area (Å²) in [4.78, 5) is 11.1. The zero-order valence-corrected chi connectivity index (χ0v) is 10.6. The van der Waals surface area contributed by atoms with Crippen molar-refractivity contribution in [3.63, 3.8) is 0 Å². The highest BCUT2D eigenvalue weighted by Gasteiger charge is 2.12. The van der Waals surface area contributed by atoms with Crippen LogP contribution in [0.3, 0.4) is 0 Å². The van der Waals surface area contributed by atoms with Gasteiger partial charge in [-0.3, -0.25) is 9.48 Å². The molecule has 2 rings (SSSR count). The summed E-state index contributed by atoms with van der Waals surface area (Å²) in [7, 11) is 0. The van der Waals surface area contributed by atoms with E-state index in [1.807, 2.05) is 17.7 Å². The molecule has 2 heterocycles. The zero-order chi connectivity index (χ0) is 12.8. The number of nitrogens with one attached hydrogen (secondary N) is 1. The molecule has 0 saturated carbocycles. The summed E-state index contributed by atoms with van der Waals surface area (Å²) >= 11 is 0. The Bertz CT molecular complexity index is 380. The summed E-state index contributed by atoms with van der Waals surface area (Å²) in [6.07, 6.45) is 0.393. The molecule has 0 fully saturated rings. The number of aromatic nitrogens is 2. The SMILES string of the molecule is CCOC(=O)CCNCc1cc2n(n1)CCOC2. The lowest BCUT2D eigenvalue weighted by atomic mass is 10.3. The molecular formula is C12H19N3O3. The van der Waals surface area contributed by atoms with Gasteiger partial charge in [0.15, 0.2) is 0 Å². The minimum Gasteiger partial charge on any atom is -0.466 e. The van der Waals surface area contributed by atoms with E-state index in [1.54, 1.807) is 0 Å². The van der Waals surface area contributed by atoms with E-state index in [2.05, 4.69) is 10.4 Å². The van der Waals surface area contributed by atoms with Crippen molar-refractivity contribution in [3.05, 3.63) is 17.5 Å². The maximum Gasteiger partial charge on any atom is 0.307 e. The predicted octanol–water partition coefficient (Wildman–Crippen LogP) is 0.456. The first kappa shape index (κ1) is 13.0. The van der Waals surface area contributed by atoms with Crippen molar-refractivity contribution in [1.29, 1.82) is 0 Å². The first-order valence-electron chi connectivity index (χ1n) is 6.29. The lowest BCUT2D eigenvalue weighted by Gasteiger charge is -2.13. The summed E-state index contributed by atoms with van der Waals surface area (Å²) < 4.78 is 12.2. The Hall–Kier alpha value is -1.40. The molecule has 100 valence electrons. The van der Waals surface area contributed by atoms with E-state index < -0.39 is 0 Å². The molecule has 0 aliphatic carbocycles. The smallest absolute Gasteiger partial charge is 0.307 e. The van der Waals surface area contributed by atoms with Crippen LogP contribution in [-0.4, -0.2) is 35.5 Å². The second-order valence-electron chi connectivity index (χ2n) is 4.13. The van der Waals surface area contributed by atoms with E-state index in [9.17, 15) is 4.79 Å². The third-order valence-electron chi connectivity index (χ3n) is 2.73. The maximum atomic E-state index is 11.1. The zero-order valence-electron chi connectivity index (χ0n) is 10.6. The summed E-state index contributed by atoms with van der Waals surface area (Å²) in [6, 6.07) is 2.04. The molecule has 6 nitrogen and oxygen atoms in total. The van der Waals surface area contributed by atoms with Crippen LogP contribution >= 0.6 is 0 Å². The van der Waals surface area contributed by atoms with Gasteiger partial charge < -0.3 is 14.8 Å². The van der Waals surface area contributed by atoms with E-state index in [4.69, 9.17) is 9.47 Å². The van der Waals surface area contributed by atoms with Crippen molar-refractivity contribution < 1.29 is 14.3 Å². The Kier molecular flexibility index (Phi) is 4.72. The van der Waals surface area contributed by atoms with Crippen molar-refractivity contribution in [3.8, 4) is 0 Å². The molecule has 1 aliphatic heterocycles. The van der Waals surface area contributed by atoms with Crippen molar-refractivity contribution >= 4 is 5.97 Å². The minimum atomic E-state index is -0.164. The summed E-state index contributed by atoms with van der Waals surface area (Å²) in [5.74, 6) is -0.164. The van der Waals surface area contributed by atoms with Gasteiger partial charge in [-0.15, -0.1) is 0 Å². The standard InChI is InChI=1S/C12H19N3O3/c1-2-18-12(16)3-4-13-8-10-7-11-9-17-6-5-15(11)14-10/h7,13H,2-6,8-9H2,1H3. The first-order chi connectivity index (χ1) is 8.79. The van der Waals surface area contributed by atoms with Gasteiger partial charge in [0.2, 0.25) is 0 Å². The fourth-order valence-electron chi connectivity index (χ4n) is 1.88. The van der Waals surface area contributed by atoms with E-state index in [0.29, 0.717) is 32.7 Å². The van der Waals surface area contributed by atoms with Gasteiger partial charge in [0.1, 0.15) is 0 Å². The highest BCUT2D eigenvalue weighted by Crippen LogP contribution is 2.10.